The van der Waals surface area contributed by atoms with Crippen LogP contribution in [0.4, 0.5) is 10.1 Å². The van der Waals surface area contributed by atoms with Gasteiger partial charge in [-0.25, -0.2) is 4.39 Å². The fourth-order valence-electron chi connectivity index (χ4n) is 2.20. The van der Waals surface area contributed by atoms with Crippen LogP contribution in [0.1, 0.15) is 26.2 Å². The van der Waals surface area contributed by atoms with Crippen molar-refractivity contribution in [3.8, 4) is 0 Å². The van der Waals surface area contributed by atoms with E-state index in [9.17, 15) is 12.8 Å². The van der Waals surface area contributed by atoms with E-state index >= 15 is 0 Å². The standard InChI is InChI=1S/C12H16BrFN2O2S/c1-9-4-2-3-7-16(9)19(17,18)15-12-6-5-10(13)8-11(12)14/h5-6,8-9,15H,2-4,7H2,1H3. The predicted molar refractivity (Wildman–Crippen MR) is 76.7 cm³/mol. The summed E-state index contributed by atoms with van der Waals surface area (Å²) in [6.07, 6.45) is 2.71. The van der Waals surface area contributed by atoms with Crippen molar-refractivity contribution < 1.29 is 12.8 Å². The number of hydrogen-bond donors (Lipinski definition) is 1. The molecule has 7 heteroatoms. The van der Waals surface area contributed by atoms with Gasteiger partial charge in [0.15, 0.2) is 0 Å². The number of halogens is 2. The molecule has 1 heterocycles. The van der Waals surface area contributed by atoms with Crippen molar-refractivity contribution >= 4 is 31.8 Å². The molecule has 1 fully saturated rings. The molecule has 1 atom stereocenters. The van der Waals surface area contributed by atoms with Crippen molar-refractivity contribution in [3.63, 3.8) is 0 Å². The Morgan fingerprint density at radius 3 is 2.79 bits per heavy atom. The molecule has 106 valence electrons. The molecule has 1 aliphatic rings. The number of benzene rings is 1. The zero-order valence-corrected chi connectivity index (χ0v) is 13.0. The molecule has 4 nitrogen and oxygen atoms in total. The second-order valence-corrected chi connectivity index (χ2v) is 7.23. The molecule has 0 aliphatic carbocycles. The first-order valence-electron chi connectivity index (χ1n) is 6.15. The Morgan fingerprint density at radius 1 is 1.42 bits per heavy atom. The van der Waals surface area contributed by atoms with Crippen LogP contribution in [-0.4, -0.2) is 25.3 Å². The molecule has 0 spiro atoms. The fraction of sp³-hybridized carbons (Fsp3) is 0.500. The summed E-state index contributed by atoms with van der Waals surface area (Å²) in [7, 11) is -3.69. The van der Waals surface area contributed by atoms with Crippen LogP contribution in [0, 0.1) is 5.82 Å². The molecule has 0 saturated carbocycles. The minimum absolute atomic E-state index is 0.0269. The zero-order valence-electron chi connectivity index (χ0n) is 10.6. The van der Waals surface area contributed by atoms with Crippen LogP contribution in [0.15, 0.2) is 22.7 Å². The third kappa shape index (κ3) is 3.46. The molecule has 1 aromatic carbocycles. The molecule has 0 radical (unpaired) electrons. The summed E-state index contributed by atoms with van der Waals surface area (Å²) in [5.74, 6) is -0.595. The minimum atomic E-state index is -3.69. The maximum atomic E-state index is 13.7. The van der Waals surface area contributed by atoms with E-state index in [2.05, 4.69) is 20.7 Å². The van der Waals surface area contributed by atoms with E-state index in [0.717, 1.165) is 19.3 Å². The normalized spacial score (nSPS) is 21.3. The van der Waals surface area contributed by atoms with Crippen LogP contribution in [0.2, 0.25) is 0 Å². The van der Waals surface area contributed by atoms with E-state index in [0.29, 0.717) is 11.0 Å². The highest BCUT2D eigenvalue weighted by Gasteiger charge is 2.29. The Kier molecular flexibility index (Phi) is 4.47. The van der Waals surface area contributed by atoms with Crippen LogP contribution < -0.4 is 4.72 Å². The summed E-state index contributed by atoms with van der Waals surface area (Å²) < 4.78 is 42.4. The van der Waals surface area contributed by atoms with Crippen LogP contribution in [0.5, 0.6) is 0 Å². The van der Waals surface area contributed by atoms with Crippen LogP contribution in [0.25, 0.3) is 0 Å². The molecule has 1 unspecified atom stereocenters. The molecule has 19 heavy (non-hydrogen) atoms. The lowest BCUT2D eigenvalue weighted by atomic mass is 10.1. The van der Waals surface area contributed by atoms with Gasteiger partial charge >= 0.3 is 10.2 Å². The molecule has 0 bridgehead atoms. The molecule has 1 saturated heterocycles. The zero-order chi connectivity index (χ0) is 14.0. The van der Waals surface area contributed by atoms with E-state index in [1.165, 1.54) is 16.4 Å². The van der Waals surface area contributed by atoms with Gasteiger partial charge in [0.05, 0.1) is 5.69 Å². The molecule has 0 aromatic heterocycles. The van der Waals surface area contributed by atoms with E-state index < -0.39 is 16.0 Å². The molecular formula is C12H16BrFN2O2S. The maximum Gasteiger partial charge on any atom is 0.301 e. The van der Waals surface area contributed by atoms with Gasteiger partial charge in [0.25, 0.3) is 0 Å². The number of hydrogen-bond acceptors (Lipinski definition) is 2. The van der Waals surface area contributed by atoms with Gasteiger partial charge in [0.2, 0.25) is 0 Å². The van der Waals surface area contributed by atoms with Crippen molar-refractivity contribution in [2.75, 3.05) is 11.3 Å². The van der Waals surface area contributed by atoms with Gasteiger partial charge in [0.1, 0.15) is 5.82 Å². The second-order valence-electron chi connectivity index (χ2n) is 4.69. The molecule has 1 aromatic rings. The summed E-state index contributed by atoms with van der Waals surface area (Å²) in [6, 6.07) is 4.19. The Morgan fingerprint density at radius 2 is 2.16 bits per heavy atom. The highest BCUT2D eigenvalue weighted by Crippen LogP contribution is 2.24. The fourth-order valence-corrected chi connectivity index (χ4v) is 4.04. The highest BCUT2D eigenvalue weighted by molar-refractivity contribution is 9.10. The Balaban J connectivity index is 2.20. The van der Waals surface area contributed by atoms with Gasteiger partial charge in [-0.3, -0.25) is 4.72 Å². The summed E-state index contributed by atoms with van der Waals surface area (Å²) in [5.41, 5.74) is -0.0269. The first-order chi connectivity index (χ1) is 8.90. The summed E-state index contributed by atoms with van der Waals surface area (Å²) in [5, 5.41) is 0. The Hall–Kier alpha value is -0.660. The number of rotatable bonds is 3. The number of nitrogens with zero attached hydrogens (tertiary/aromatic N) is 1. The number of anilines is 1. The van der Waals surface area contributed by atoms with Gasteiger partial charge in [0, 0.05) is 17.1 Å². The van der Waals surface area contributed by atoms with E-state index in [1.807, 2.05) is 6.92 Å². The van der Waals surface area contributed by atoms with E-state index in [-0.39, 0.29) is 11.7 Å². The third-order valence-corrected chi connectivity index (χ3v) is 5.35. The van der Waals surface area contributed by atoms with Crippen LogP contribution >= 0.6 is 15.9 Å². The average Bonchev–Trinajstić information content (AvgIpc) is 2.33. The SMILES string of the molecule is CC1CCCCN1S(=O)(=O)Nc1ccc(Br)cc1F. The lowest BCUT2D eigenvalue weighted by Crippen LogP contribution is -2.44. The highest BCUT2D eigenvalue weighted by atomic mass is 79.9. The summed E-state index contributed by atoms with van der Waals surface area (Å²) in [6.45, 7) is 2.35. The smallest absolute Gasteiger partial charge is 0.268 e. The van der Waals surface area contributed by atoms with Gasteiger partial charge in [-0.05, 0) is 38.0 Å². The van der Waals surface area contributed by atoms with Crippen molar-refractivity contribution in [1.29, 1.82) is 0 Å². The number of nitrogens with one attached hydrogen (secondary N) is 1. The summed E-state index contributed by atoms with van der Waals surface area (Å²) >= 11 is 3.13. The third-order valence-electron chi connectivity index (χ3n) is 3.22. The van der Waals surface area contributed by atoms with Gasteiger partial charge < -0.3 is 0 Å². The molecule has 1 aliphatic heterocycles. The van der Waals surface area contributed by atoms with Crippen LogP contribution in [-0.2, 0) is 10.2 Å². The van der Waals surface area contributed by atoms with Crippen molar-refractivity contribution in [2.45, 2.75) is 32.2 Å². The second kappa shape index (κ2) is 5.76. The van der Waals surface area contributed by atoms with Crippen LogP contribution in [0.3, 0.4) is 0 Å². The quantitative estimate of drug-likeness (QED) is 0.910. The Bertz CT molecular complexity index is 565. The van der Waals surface area contributed by atoms with Gasteiger partial charge in [-0.2, -0.15) is 12.7 Å². The lowest BCUT2D eigenvalue weighted by Gasteiger charge is -2.32. The topological polar surface area (TPSA) is 49.4 Å². The van der Waals surface area contributed by atoms with Gasteiger partial charge in [-0.15, -0.1) is 0 Å². The van der Waals surface area contributed by atoms with E-state index in [4.69, 9.17) is 0 Å². The van der Waals surface area contributed by atoms with E-state index in [1.54, 1.807) is 6.07 Å². The minimum Gasteiger partial charge on any atom is -0.268 e. The number of piperidine rings is 1. The molecular weight excluding hydrogens is 335 g/mol. The van der Waals surface area contributed by atoms with Crippen molar-refractivity contribution in [2.24, 2.45) is 0 Å². The molecule has 2 rings (SSSR count). The predicted octanol–water partition coefficient (Wildman–Crippen LogP) is 3.12. The largest absolute Gasteiger partial charge is 0.301 e. The van der Waals surface area contributed by atoms with Gasteiger partial charge in [-0.1, -0.05) is 22.4 Å². The molecule has 1 N–H and O–H groups in total. The maximum absolute atomic E-state index is 13.7. The van der Waals surface area contributed by atoms with Crippen molar-refractivity contribution in [1.82, 2.24) is 4.31 Å². The monoisotopic (exact) mass is 350 g/mol. The average molecular weight is 351 g/mol. The lowest BCUT2D eigenvalue weighted by molar-refractivity contribution is 0.270. The first-order valence-corrected chi connectivity index (χ1v) is 8.38. The Labute approximate surface area is 121 Å². The van der Waals surface area contributed by atoms with Crippen molar-refractivity contribution in [3.05, 3.63) is 28.5 Å². The summed E-state index contributed by atoms with van der Waals surface area (Å²) in [4.78, 5) is 0. The molecule has 0 amide bonds. The first kappa shape index (κ1) is 14.7.